The van der Waals surface area contributed by atoms with Gasteiger partial charge in [0.1, 0.15) is 24.2 Å². The first kappa shape index (κ1) is 31.4. The number of nitrogens with one attached hydrogen (secondary N) is 1. The number of halogens is 2. The highest BCUT2D eigenvalue weighted by Crippen LogP contribution is 2.26. The number of anilines is 1. The van der Waals surface area contributed by atoms with Crippen LogP contribution in [0.2, 0.25) is 0 Å². The molecule has 4 rings (SSSR count). The lowest BCUT2D eigenvalue weighted by Crippen LogP contribution is -2.53. The van der Waals surface area contributed by atoms with Crippen molar-refractivity contribution in [2.75, 3.05) is 17.4 Å². The molecule has 43 heavy (non-hydrogen) atoms. The van der Waals surface area contributed by atoms with E-state index in [1.165, 1.54) is 47.4 Å². The van der Waals surface area contributed by atoms with Crippen molar-refractivity contribution in [2.45, 2.75) is 37.8 Å². The molecule has 0 fully saturated rings. The Hall–Kier alpha value is -4.57. The predicted molar refractivity (Wildman–Crippen MR) is 162 cm³/mol. The van der Waals surface area contributed by atoms with Crippen molar-refractivity contribution in [2.24, 2.45) is 0 Å². The van der Waals surface area contributed by atoms with Crippen LogP contribution in [0.4, 0.5) is 14.5 Å². The third kappa shape index (κ3) is 7.84. The highest BCUT2D eigenvalue weighted by molar-refractivity contribution is 7.92. The van der Waals surface area contributed by atoms with E-state index >= 15 is 0 Å². The molecular formula is C33H33F2N3O4S. The fourth-order valence-electron chi connectivity index (χ4n) is 4.63. The number of benzene rings is 4. The van der Waals surface area contributed by atoms with Gasteiger partial charge in [-0.25, -0.2) is 17.2 Å². The van der Waals surface area contributed by atoms with Crippen LogP contribution in [0.15, 0.2) is 108 Å². The van der Waals surface area contributed by atoms with Crippen LogP contribution in [0.25, 0.3) is 0 Å². The van der Waals surface area contributed by atoms with Crippen molar-refractivity contribution < 1.29 is 26.8 Å². The number of sulfonamides is 1. The molecular weight excluding hydrogens is 572 g/mol. The molecule has 0 saturated heterocycles. The molecule has 4 aromatic carbocycles. The minimum Gasteiger partial charge on any atom is -0.355 e. The zero-order valence-corrected chi connectivity index (χ0v) is 24.7. The monoisotopic (exact) mass is 605 g/mol. The van der Waals surface area contributed by atoms with Gasteiger partial charge in [0.05, 0.1) is 10.6 Å². The Kier molecular flexibility index (Phi) is 10.3. The van der Waals surface area contributed by atoms with Gasteiger partial charge >= 0.3 is 0 Å². The van der Waals surface area contributed by atoms with Crippen LogP contribution in [0.1, 0.15) is 23.6 Å². The van der Waals surface area contributed by atoms with Gasteiger partial charge in [-0.05, 0) is 61.9 Å². The van der Waals surface area contributed by atoms with Gasteiger partial charge in [-0.1, -0.05) is 66.2 Å². The average molecular weight is 606 g/mol. The molecule has 0 aliphatic rings. The molecule has 2 amide bonds. The van der Waals surface area contributed by atoms with Crippen LogP contribution in [0.5, 0.6) is 0 Å². The largest absolute Gasteiger partial charge is 0.355 e. The second-order valence-electron chi connectivity index (χ2n) is 10.0. The van der Waals surface area contributed by atoms with Gasteiger partial charge in [0.25, 0.3) is 10.0 Å². The molecule has 0 bridgehead atoms. The normalized spacial score (nSPS) is 11.9. The fourth-order valence-corrected chi connectivity index (χ4v) is 6.04. The van der Waals surface area contributed by atoms with Crippen LogP contribution in [0.3, 0.4) is 0 Å². The molecule has 0 aromatic heterocycles. The molecule has 1 atom stereocenters. The molecule has 10 heteroatoms. The molecule has 0 radical (unpaired) electrons. The summed E-state index contributed by atoms with van der Waals surface area (Å²) in [5.41, 5.74) is 1.81. The smallest absolute Gasteiger partial charge is 0.264 e. The van der Waals surface area contributed by atoms with Gasteiger partial charge < -0.3 is 10.2 Å². The van der Waals surface area contributed by atoms with E-state index in [4.69, 9.17) is 0 Å². The Balaban J connectivity index is 1.80. The van der Waals surface area contributed by atoms with Crippen molar-refractivity contribution in [1.29, 1.82) is 0 Å². The van der Waals surface area contributed by atoms with E-state index in [-0.39, 0.29) is 35.7 Å². The lowest BCUT2D eigenvalue weighted by molar-refractivity contribution is -0.140. The van der Waals surface area contributed by atoms with E-state index in [0.717, 1.165) is 27.6 Å². The third-order valence-corrected chi connectivity index (χ3v) is 8.71. The third-order valence-electron chi connectivity index (χ3n) is 6.92. The Morgan fingerprint density at radius 2 is 1.47 bits per heavy atom. The van der Waals surface area contributed by atoms with Crippen LogP contribution in [0, 0.1) is 18.6 Å². The first-order chi connectivity index (χ1) is 20.6. The topological polar surface area (TPSA) is 86.8 Å². The summed E-state index contributed by atoms with van der Waals surface area (Å²) in [6, 6.07) is 24.7. The van der Waals surface area contributed by atoms with E-state index in [1.54, 1.807) is 37.3 Å². The van der Waals surface area contributed by atoms with E-state index in [1.807, 2.05) is 25.1 Å². The zero-order valence-electron chi connectivity index (χ0n) is 23.9. The maximum Gasteiger partial charge on any atom is 0.264 e. The van der Waals surface area contributed by atoms with E-state index < -0.39 is 46.1 Å². The van der Waals surface area contributed by atoms with Crippen LogP contribution >= 0.6 is 0 Å². The van der Waals surface area contributed by atoms with Gasteiger partial charge in [0.2, 0.25) is 11.8 Å². The summed E-state index contributed by atoms with van der Waals surface area (Å²) in [5, 5.41) is 2.75. The number of rotatable bonds is 12. The van der Waals surface area contributed by atoms with Crippen LogP contribution < -0.4 is 9.62 Å². The Bertz CT molecular complexity index is 1650. The second kappa shape index (κ2) is 14.1. The van der Waals surface area contributed by atoms with Gasteiger partial charge in [-0.2, -0.15) is 0 Å². The van der Waals surface area contributed by atoms with E-state index in [0.29, 0.717) is 0 Å². The summed E-state index contributed by atoms with van der Waals surface area (Å²) >= 11 is 0. The first-order valence-corrected chi connectivity index (χ1v) is 15.2. The number of hydrogen-bond acceptors (Lipinski definition) is 4. The maximum absolute atomic E-state index is 14.9. The Morgan fingerprint density at radius 1 is 0.837 bits per heavy atom. The fraction of sp³-hybridized carbons (Fsp3) is 0.212. The van der Waals surface area contributed by atoms with Gasteiger partial charge in [0.15, 0.2) is 0 Å². The molecule has 224 valence electrons. The van der Waals surface area contributed by atoms with Gasteiger partial charge in [-0.3, -0.25) is 13.9 Å². The molecule has 4 aromatic rings. The summed E-state index contributed by atoms with van der Waals surface area (Å²) in [6.07, 6.45) is 0.105. The number of likely N-dealkylation sites (N-methyl/N-ethyl adjacent to an activating group) is 1. The first-order valence-electron chi connectivity index (χ1n) is 13.8. The summed E-state index contributed by atoms with van der Waals surface area (Å²) in [6.45, 7) is 2.83. The SMILES string of the molecule is CCNC(=O)C(Cc1ccccc1)N(Cc1ccccc1F)C(=O)CN(c1ccc(F)cc1)S(=O)(=O)c1ccc(C)cc1. The van der Waals surface area contributed by atoms with Gasteiger partial charge in [0, 0.05) is 25.1 Å². The molecule has 0 heterocycles. The molecule has 1 unspecified atom stereocenters. The van der Waals surface area contributed by atoms with Crippen molar-refractivity contribution in [1.82, 2.24) is 10.2 Å². The van der Waals surface area contributed by atoms with Crippen molar-refractivity contribution in [3.05, 3.63) is 131 Å². The molecule has 0 aliphatic heterocycles. The number of amides is 2. The number of carbonyl (C=O) groups is 2. The average Bonchev–Trinajstić information content (AvgIpc) is 3.00. The summed E-state index contributed by atoms with van der Waals surface area (Å²) < 4.78 is 57.4. The van der Waals surface area contributed by atoms with Crippen molar-refractivity contribution >= 4 is 27.5 Å². The number of nitrogens with zero attached hydrogens (tertiary/aromatic N) is 2. The highest BCUT2D eigenvalue weighted by atomic mass is 32.2. The number of carbonyl (C=O) groups excluding carboxylic acids is 2. The Morgan fingerprint density at radius 3 is 2.09 bits per heavy atom. The molecule has 7 nitrogen and oxygen atoms in total. The Labute approximate surface area is 250 Å². The second-order valence-corrected chi connectivity index (χ2v) is 11.9. The molecule has 0 aliphatic carbocycles. The highest BCUT2D eigenvalue weighted by Gasteiger charge is 2.34. The minimum atomic E-state index is -4.32. The number of aryl methyl sites for hydroxylation is 1. The van der Waals surface area contributed by atoms with Crippen LogP contribution in [-0.2, 0) is 32.6 Å². The van der Waals surface area contributed by atoms with Crippen molar-refractivity contribution in [3.63, 3.8) is 0 Å². The van der Waals surface area contributed by atoms with E-state index in [9.17, 15) is 26.8 Å². The molecule has 0 spiro atoms. The number of hydrogen-bond donors (Lipinski definition) is 1. The van der Waals surface area contributed by atoms with Gasteiger partial charge in [-0.15, -0.1) is 0 Å². The lowest BCUT2D eigenvalue weighted by atomic mass is 10.0. The quantitative estimate of drug-likeness (QED) is 0.239. The minimum absolute atomic E-state index is 0.0544. The zero-order chi connectivity index (χ0) is 31.0. The summed E-state index contributed by atoms with van der Waals surface area (Å²) in [5.74, 6) is -2.36. The molecule has 1 N–H and O–H groups in total. The standard InChI is InChI=1S/C33H33F2N3O4S/c1-3-36-33(40)31(21-25-9-5-4-6-10-25)37(22-26-11-7-8-12-30(26)35)32(39)23-38(28-17-15-27(34)16-18-28)43(41,42)29-19-13-24(2)14-20-29/h4-20,31H,3,21-23H2,1-2H3,(H,36,40). The maximum atomic E-state index is 14.9. The summed E-state index contributed by atoms with van der Waals surface area (Å²) in [7, 11) is -4.32. The summed E-state index contributed by atoms with van der Waals surface area (Å²) in [4.78, 5) is 28.8. The molecule has 0 saturated carbocycles. The predicted octanol–water partition coefficient (Wildman–Crippen LogP) is 5.24. The van der Waals surface area contributed by atoms with Crippen LogP contribution in [-0.4, -0.2) is 44.3 Å². The van der Waals surface area contributed by atoms with Crippen molar-refractivity contribution in [3.8, 4) is 0 Å². The van der Waals surface area contributed by atoms with E-state index in [2.05, 4.69) is 5.32 Å². The lowest BCUT2D eigenvalue weighted by Gasteiger charge is -2.34.